The maximum Gasteiger partial charge on any atom is 0.419 e. The van der Waals surface area contributed by atoms with Gasteiger partial charge in [-0.15, -0.1) is 23.2 Å². The number of carbonyl (C=O) groups excluding carboxylic acids is 3. The van der Waals surface area contributed by atoms with Crippen LogP contribution in [-0.2, 0) is 22.2 Å². The van der Waals surface area contributed by atoms with Crippen LogP contribution in [0.4, 0.5) is 37.7 Å². The van der Waals surface area contributed by atoms with Gasteiger partial charge in [-0.05, 0) is 54.4 Å². The Kier molecular flexibility index (Phi) is 9.78. The molecule has 0 aromatic heterocycles. The van der Waals surface area contributed by atoms with Gasteiger partial charge in [-0.1, -0.05) is 23.7 Å². The molecule has 1 saturated carbocycles. The SMILES string of the molecule is CCN(C(=O)CC#N)c1c(F)ccc(CC(=O)c2cc(NC(=O)[C@H]3[C@H](c4ccc(F)c(C(F)(F)F)c4)C3(Cl)Cl)ccc2Cl)c1F. The van der Waals surface area contributed by atoms with Gasteiger partial charge in [-0.2, -0.15) is 18.4 Å². The van der Waals surface area contributed by atoms with Crippen molar-refractivity contribution in [2.75, 3.05) is 16.8 Å². The minimum absolute atomic E-state index is 0.0112. The highest BCUT2D eigenvalue weighted by Gasteiger charge is 2.67. The number of benzene rings is 3. The first kappa shape index (κ1) is 34.1. The Morgan fingerprint density at radius 1 is 1.02 bits per heavy atom. The quantitative estimate of drug-likeness (QED) is 0.140. The summed E-state index contributed by atoms with van der Waals surface area (Å²) in [4.78, 5) is 39.2. The summed E-state index contributed by atoms with van der Waals surface area (Å²) in [7, 11) is 0. The first-order valence-corrected chi connectivity index (χ1v) is 14.2. The molecule has 3 aromatic carbocycles. The smallest absolute Gasteiger partial charge is 0.326 e. The molecule has 45 heavy (non-hydrogen) atoms. The summed E-state index contributed by atoms with van der Waals surface area (Å²) >= 11 is 18.7. The van der Waals surface area contributed by atoms with E-state index in [4.69, 9.17) is 40.1 Å². The molecule has 0 spiro atoms. The monoisotopic (exact) mass is 689 g/mol. The lowest BCUT2D eigenvalue weighted by Gasteiger charge is -2.22. The van der Waals surface area contributed by atoms with Crippen molar-refractivity contribution in [3.8, 4) is 6.07 Å². The summed E-state index contributed by atoms with van der Waals surface area (Å²) in [5.74, 6) is -8.56. The van der Waals surface area contributed by atoms with E-state index < -0.39 is 81.5 Å². The molecular formula is C30H20Cl3F6N3O3. The van der Waals surface area contributed by atoms with E-state index in [9.17, 15) is 36.3 Å². The van der Waals surface area contributed by atoms with Gasteiger partial charge in [0.25, 0.3) is 0 Å². The summed E-state index contributed by atoms with van der Waals surface area (Å²) in [6.45, 7) is 1.30. The highest BCUT2D eigenvalue weighted by Crippen LogP contribution is 2.65. The van der Waals surface area contributed by atoms with Gasteiger partial charge < -0.3 is 10.2 Å². The number of carbonyl (C=O) groups is 3. The second-order valence-corrected chi connectivity index (χ2v) is 11.8. The fraction of sp³-hybridized carbons (Fsp3) is 0.267. The molecule has 15 heteroatoms. The number of nitriles is 1. The molecule has 4 rings (SSSR count). The number of amides is 2. The Balaban J connectivity index is 1.55. The van der Waals surface area contributed by atoms with Crippen molar-refractivity contribution < 1.29 is 40.7 Å². The average molecular weight is 691 g/mol. The fourth-order valence-electron chi connectivity index (χ4n) is 4.92. The van der Waals surface area contributed by atoms with Gasteiger partial charge in [-0.25, -0.2) is 13.2 Å². The van der Waals surface area contributed by atoms with Crippen LogP contribution >= 0.6 is 34.8 Å². The van der Waals surface area contributed by atoms with E-state index in [2.05, 4.69) is 5.32 Å². The molecule has 2 atom stereocenters. The Morgan fingerprint density at radius 3 is 2.31 bits per heavy atom. The van der Waals surface area contributed by atoms with E-state index in [1.54, 1.807) is 6.07 Å². The van der Waals surface area contributed by atoms with Crippen LogP contribution in [0.3, 0.4) is 0 Å². The van der Waals surface area contributed by atoms with E-state index >= 15 is 4.39 Å². The van der Waals surface area contributed by atoms with Crippen LogP contribution in [0, 0.1) is 34.7 Å². The van der Waals surface area contributed by atoms with E-state index in [0.717, 1.165) is 23.1 Å². The lowest BCUT2D eigenvalue weighted by molar-refractivity contribution is -0.140. The standard InChI is InChI=1S/C30H20Cl3F6N3O3/c1-2-42(23(44)9-10-40)27-21(35)8-4-15(26(27)36)12-22(43)17-13-16(5-6-19(17)31)41-28(45)25-24(29(25,32)33)14-3-7-20(34)18(11-14)30(37,38)39/h3-8,11,13,24-25H,2,9,12H2,1H3,(H,41,45)/t24-,25+/m0/s1. The topological polar surface area (TPSA) is 90.3 Å². The van der Waals surface area contributed by atoms with Gasteiger partial charge in [0.1, 0.15) is 28.1 Å². The Morgan fingerprint density at radius 2 is 1.69 bits per heavy atom. The number of halogens is 9. The van der Waals surface area contributed by atoms with Crippen LogP contribution in [0.1, 0.15) is 46.3 Å². The number of rotatable bonds is 9. The van der Waals surface area contributed by atoms with Crippen molar-refractivity contribution in [3.63, 3.8) is 0 Å². The molecular weight excluding hydrogens is 671 g/mol. The van der Waals surface area contributed by atoms with Crippen molar-refractivity contribution in [1.82, 2.24) is 0 Å². The third-order valence-electron chi connectivity index (χ3n) is 7.14. The first-order chi connectivity index (χ1) is 21.0. The molecule has 0 radical (unpaired) electrons. The molecule has 0 unspecified atom stereocenters. The number of alkyl halides is 5. The normalized spacial score (nSPS) is 16.9. The van der Waals surface area contributed by atoms with E-state index in [0.29, 0.717) is 12.1 Å². The van der Waals surface area contributed by atoms with Crippen LogP contribution in [0.5, 0.6) is 0 Å². The minimum Gasteiger partial charge on any atom is -0.326 e. The Labute approximate surface area is 267 Å². The van der Waals surface area contributed by atoms with Crippen molar-refractivity contribution in [2.45, 2.75) is 36.2 Å². The zero-order chi connectivity index (χ0) is 33.4. The van der Waals surface area contributed by atoms with E-state index in [1.807, 2.05) is 0 Å². The van der Waals surface area contributed by atoms with Crippen LogP contribution in [0.25, 0.3) is 0 Å². The largest absolute Gasteiger partial charge is 0.419 e. The van der Waals surface area contributed by atoms with Crippen LogP contribution in [-0.4, -0.2) is 28.5 Å². The van der Waals surface area contributed by atoms with Gasteiger partial charge in [0.2, 0.25) is 11.8 Å². The van der Waals surface area contributed by atoms with Gasteiger partial charge in [0.05, 0.1) is 22.6 Å². The highest BCUT2D eigenvalue weighted by molar-refractivity contribution is 6.53. The summed E-state index contributed by atoms with van der Waals surface area (Å²) < 4.78 is 81.5. The zero-order valence-electron chi connectivity index (χ0n) is 22.9. The van der Waals surface area contributed by atoms with Gasteiger partial charge >= 0.3 is 6.18 Å². The first-order valence-electron chi connectivity index (χ1n) is 13.0. The predicted molar refractivity (Wildman–Crippen MR) is 155 cm³/mol. The van der Waals surface area contributed by atoms with Crippen molar-refractivity contribution in [3.05, 3.63) is 93.3 Å². The molecule has 1 N–H and O–H groups in total. The van der Waals surface area contributed by atoms with Gasteiger partial charge in [0, 0.05) is 30.1 Å². The minimum atomic E-state index is -5.00. The molecule has 0 saturated heterocycles. The summed E-state index contributed by atoms with van der Waals surface area (Å²) in [5.41, 5.74) is -2.82. The Hall–Kier alpha value is -3.79. The summed E-state index contributed by atoms with van der Waals surface area (Å²) in [6.07, 6.45) is -6.26. The molecule has 1 aliphatic carbocycles. The number of Topliss-reactive ketones (excluding diaryl/α,β-unsaturated/α-hetero) is 1. The molecule has 1 fully saturated rings. The lowest BCUT2D eigenvalue weighted by atomic mass is 10.0. The molecule has 3 aromatic rings. The fourth-order valence-corrected chi connectivity index (χ4v) is 5.97. The van der Waals surface area contributed by atoms with E-state index in [-0.39, 0.29) is 33.9 Å². The average Bonchev–Trinajstić information content (AvgIpc) is 3.54. The number of nitrogens with zero attached hydrogens (tertiary/aromatic N) is 2. The molecule has 0 aliphatic heterocycles. The van der Waals surface area contributed by atoms with Gasteiger partial charge in [0.15, 0.2) is 11.6 Å². The second kappa shape index (κ2) is 12.9. The van der Waals surface area contributed by atoms with E-state index in [1.165, 1.54) is 25.1 Å². The number of ketones is 1. The summed E-state index contributed by atoms with van der Waals surface area (Å²) in [6, 6.07) is 9.41. The molecule has 6 nitrogen and oxygen atoms in total. The second-order valence-electron chi connectivity index (χ2n) is 9.99. The van der Waals surface area contributed by atoms with Crippen molar-refractivity contribution in [1.29, 1.82) is 5.26 Å². The number of anilines is 2. The number of hydrogen-bond donors (Lipinski definition) is 1. The third-order valence-corrected chi connectivity index (χ3v) is 8.41. The molecule has 0 bridgehead atoms. The molecule has 2 amide bonds. The highest BCUT2D eigenvalue weighted by atomic mass is 35.5. The van der Waals surface area contributed by atoms with Crippen molar-refractivity contribution >= 4 is 63.8 Å². The zero-order valence-corrected chi connectivity index (χ0v) is 25.2. The summed E-state index contributed by atoms with van der Waals surface area (Å²) in [5, 5.41) is 11.2. The maximum atomic E-state index is 15.4. The maximum absolute atomic E-state index is 15.4. The van der Waals surface area contributed by atoms with Crippen LogP contribution < -0.4 is 10.2 Å². The molecule has 0 heterocycles. The van der Waals surface area contributed by atoms with Gasteiger partial charge in [-0.3, -0.25) is 14.4 Å². The predicted octanol–water partition coefficient (Wildman–Crippen LogP) is 7.99. The van der Waals surface area contributed by atoms with Crippen LogP contribution in [0.15, 0.2) is 48.5 Å². The molecule has 1 aliphatic rings. The molecule has 236 valence electrons. The van der Waals surface area contributed by atoms with Crippen molar-refractivity contribution in [2.24, 2.45) is 5.92 Å². The third kappa shape index (κ3) is 6.90. The number of hydrogen-bond acceptors (Lipinski definition) is 4. The van der Waals surface area contributed by atoms with Crippen LogP contribution in [0.2, 0.25) is 5.02 Å². The number of nitrogens with one attached hydrogen (secondary N) is 1. The Bertz CT molecular complexity index is 1740. The lowest BCUT2D eigenvalue weighted by Crippen LogP contribution is -2.32.